The molecule has 1 heterocycles. The van der Waals surface area contributed by atoms with Crippen molar-refractivity contribution in [3.8, 4) is 0 Å². The molecule has 0 spiro atoms. The normalized spacial score (nSPS) is 29.1. The largest absolute Gasteiger partial charge is 0.394 e. The van der Waals surface area contributed by atoms with Crippen molar-refractivity contribution in [2.24, 2.45) is 11.8 Å². The standard InChI is InChI=1S/C15H27F3N2/c1-2-14(12-6-4-3-5-7-12)20-9-8-19-10-13(11-20)15(16,17)18/h12-14,19H,2-11H2,1H3. The van der Waals surface area contributed by atoms with E-state index in [4.69, 9.17) is 0 Å². The van der Waals surface area contributed by atoms with Crippen LogP contribution in [0.5, 0.6) is 0 Å². The molecule has 1 saturated heterocycles. The van der Waals surface area contributed by atoms with Gasteiger partial charge in [-0.2, -0.15) is 13.2 Å². The molecule has 2 nitrogen and oxygen atoms in total. The Morgan fingerprint density at radius 1 is 1.20 bits per heavy atom. The molecule has 0 aromatic carbocycles. The summed E-state index contributed by atoms with van der Waals surface area (Å²) in [4.78, 5) is 2.12. The first-order valence-electron chi connectivity index (χ1n) is 8.04. The fraction of sp³-hybridized carbons (Fsp3) is 1.00. The lowest BCUT2D eigenvalue weighted by Gasteiger charge is -2.39. The molecule has 2 aliphatic rings. The second-order valence-electron chi connectivity index (χ2n) is 6.31. The first kappa shape index (κ1) is 16.1. The zero-order valence-corrected chi connectivity index (χ0v) is 12.4. The Morgan fingerprint density at radius 2 is 1.90 bits per heavy atom. The first-order chi connectivity index (χ1) is 9.52. The Hall–Kier alpha value is -0.290. The number of nitrogens with one attached hydrogen (secondary N) is 1. The highest BCUT2D eigenvalue weighted by molar-refractivity contribution is 4.86. The van der Waals surface area contributed by atoms with Gasteiger partial charge in [0, 0.05) is 32.2 Å². The lowest BCUT2D eigenvalue weighted by atomic mass is 9.82. The minimum atomic E-state index is -4.08. The molecule has 0 aromatic rings. The Balaban J connectivity index is 2.03. The van der Waals surface area contributed by atoms with E-state index < -0.39 is 12.1 Å². The van der Waals surface area contributed by atoms with Crippen molar-refractivity contribution in [3.63, 3.8) is 0 Å². The van der Waals surface area contributed by atoms with Gasteiger partial charge in [-0.3, -0.25) is 4.90 Å². The zero-order chi connectivity index (χ0) is 14.6. The van der Waals surface area contributed by atoms with E-state index in [2.05, 4.69) is 17.1 Å². The second kappa shape index (κ2) is 7.12. The molecule has 5 heteroatoms. The molecule has 1 aliphatic heterocycles. The molecular formula is C15H27F3N2. The van der Waals surface area contributed by atoms with Gasteiger partial charge in [0.05, 0.1) is 5.92 Å². The Bertz CT molecular complexity index is 287. The third kappa shape index (κ3) is 4.10. The van der Waals surface area contributed by atoms with Gasteiger partial charge in [0.1, 0.15) is 0 Å². The molecule has 0 bridgehead atoms. The van der Waals surface area contributed by atoms with E-state index >= 15 is 0 Å². The highest BCUT2D eigenvalue weighted by Crippen LogP contribution is 2.33. The maximum Gasteiger partial charge on any atom is 0.394 e. The molecule has 118 valence electrons. The van der Waals surface area contributed by atoms with Crippen LogP contribution in [0.4, 0.5) is 13.2 Å². The van der Waals surface area contributed by atoms with Gasteiger partial charge in [0.2, 0.25) is 0 Å². The van der Waals surface area contributed by atoms with E-state index in [0.717, 1.165) is 13.0 Å². The van der Waals surface area contributed by atoms with E-state index in [1.165, 1.54) is 32.1 Å². The van der Waals surface area contributed by atoms with Gasteiger partial charge in [0.15, 0.2) is 0 Å². The van der Waals surface area contributed by atoms with E-state index in [1.807, 2.05) is 0 Å². The molecule has 2 rings (SSSR count). The van der Waals surface area contributed by atoms with Crippen molar-refractivity contribution in [1.82, 2.24) is 10.2 Å². The molecule has 2 unspecified atom stereocenters. The predicted octanol–water partition coefficient (Wildman–Crippen LogP) is 3.43. The molecule has 0 amide bonds. The van der Waals surface area contributed by atoms with Crippen molar-refractivity contribution in [3.05, 3.63) is 0 Å². The average Bonchev–Trinajstić information content (AvgIpc) is 2.67. The van der Waals surface area contributed by atoms with Crippen LogP contribution in [0.2, 0.25) is 0 Å². The summed E-state index contributed by atoms with van der Waals surface area (Å²) in [6.07, 6.45) is 3.06. The van der Waals surface area contributed by atoms with Crippen molar-refractivity contribution in [1.29, 1.82) is 0 Å². The third-order valence-electron chi connectivity index (χ3n) is 4.97. The number of alkyl halides is 3. The van der Waals surface area contributed by atoms with Crippen LogP contribution >= 0.6 is 0 Å². The Kier molecular flexibility index (Phi) is 5.73. The lowest BCUT2D eigenvalue weighted by molar-refractivity contribution is -0.177. The molecule has 0 aromatic heterocycles. The summed E-state index contributed by atoms with van der Waals surface area (Å²) in [5, 5.41) is 2.95. The van der Waals surface area contributed by atoms with Gasteiger partial charge in [-0.05, 0) is 25.2 Å². The minimum Gasteiger partial charge on any atom is -0.315 e. The Morgan fingerprint density at radius 3 is 2.50 bits per heavy atom. The SMILES string of the molecule is CCC(C1CCCCC1)N1CCNCC(C(F)(F)F)C1. The van der Waals surface area contributed by atoms with E-state index in [-0.39, 0.29) is 13.1 Å². The van der Waals surface area contributed by atoms with Crippen LogP contribution in [0.3, 0.4) is 0 Å². The lowest BCUT2D eigenvalue weighted by Crippen LogP contribution is -2.46. The molecule has 20 heavy (non-hydrogen) atoms. The summed E-state index contributed by atoms with van der Waals surface area (Å²) in [5.74, 6) is -0.622. The van der Waals surface area contributed by atoms with Crippen LogP contribution in [0.25, 0.3) is 0 Å². The number of rotatable bonds is 3. The quantitative estimate of drug-likeness (QED) is 0.857. The van der Waals surface area contributed by atoms with Crippen LogP contribution in [0.1, 0.15) is 45.4 Å². The number of nitrogens with zero attached hydrogens (tertiary/aromatic N) is 1. The smallest absolute Gasteiger partial charge is 0.315 e. The van der Waals surface area contributed by atoms with Crippen LogP contribution < -0.4 is 5.32 Å². The van der Waals surface area contributed by atoms with Crippen LogP contribution in [-0.4, -0.2) is 43.3 Å². The molecule has 1 saturated carbocycles. The molecule has 1 aliphatic carbocycles. The predicted molar refractivity (Wildman–Crippen MR) is 74.6 cm³/mol. The average molecular weight is 292 g/mol. The summed E-state index contributed by atoms with van der Waals surface area (Å²) < 4.78 is 39.1. The van der Waals surface area contributed by atoms with Crippen molar-refractivity contribution in [2.75, 3.05) is 26.2 Å². The van der Waals surface area contributed by atoms with Gasteiger partial charge < -0.3 is 5.32 Å². The van der Waals surface area contributed by atoms with Crippen molar-refractivity contribution >= 4 is 0 Å². The summed E-state index contributed by atoms with van der Waals surface area (Å²) >= 11 is 0. The number of hydrogen-bond donors (Lipinski definition) is 1. The fourth-order valence-electron chi connectivity index (χ4n) is 3.87. The number of halogens is 3. The summed E-state index contributed by atoms with van der Waals surface area (Å²) in [5.41, 5.74) is 0. The topological polar surface area (TPSA) is 15.3 Å². The van der Waals surface area contributed by atoms with Crippen LogP contribution in [0.15, 0.2) is 0 Å². The van der Waals surface area contributed by atoms with E-state index in [9.17, 15) is 13.2 Å². The van der Waals surface area contributed by atoms with Gasteiger partial charge >= 0.3 is 6.18 Å². The monoisotopic (exact) mass is 292 g/mol. The fourth-order valence-corrected chi connectivity index (χ4v) is 3.87. The van der Waals surface area contributed by atoms with Gasteiger partial charge in [-0.1, -0.05) is 26.2 Å². The zero-order valence-electron chi connectivity index (χ0n) is 12.4. The maximum absolute atomic E-state index is 13.0. The van der Waals surface area contributed by atoms with Gasteiger partial charge in [-0.25, -0.2) is 0 Å². The van der Waals surface area contributed by atoms with Crippen molar-refractivity contribution in [2.45, 2.75) is 57.7 Å². The van der Waals surface area contributed by atoms with E-state index in [0.29, 0.717) is 18.5 Å². The maximum atomic E-state index is 13.0. The summed E-state index contributed by atoms with van der Waals surface area (Å²) in [6, 6.07) is 0.333. The molecule has 2 fully saturated rings. The molecule has 0 radical (unpaired) electrons. The third-order valence-corrected chi connectivity index (χ3v) is 4.97. The van der Waals surface area contributed by atoms with Crippen LogP contribution in [-0.2, 0) is 0 Å². The van der Waals surface area contributed by atoms with Gasteiger partial charge in [0.25, 0.3) is 0 Å². The minimum absolute atomic E-state index is 0.0705. The highest BCUT2D eigenvalue weighted by Gasteiger charge is 2.42. The highest BCUT2D eigenvalue weighted by atomic mass is 19.4. The molecule has 2 atom stereocenters. The van der Waals surface area contributed by atoms with Crippen molar-refractivity contribution < 1.29 is 13.2 Å². The molecular weight excluding hydrogens is 265 g/mol. The number of hydrogen-bond acceptors (Lipinski definition) is 2. The van der Waals surface area contributed by atoms with E-state index in [1.54, 1.807) is 0 Å². The summed E-state index contributed by atoms with van der Waals surface area (Å²) in [7, 11) is 0. The van der Waals surface area contributed by atoms with Crippen LogP contribution in [0, 0.1) is 11.8 Å². The first-order valence-corrected chi connectivity index (χ1v) is 8.04. The Labute approximate surface area is 120 Å². The molecule has 1 N–H and O–H groups in total. The van der Waals surface area contributed by atoms with Gasteiger partial charge in [-0.15, -0.1) is 0 Å². The second-order valence-corrected chi connectivity index (χ2v) is 6.31. The summed E-state index contributed by atoms with van der Waals surface area (Å²) in [6.45, 7) is 3.80.